The number of nitrogens with zero attached hydrogens (tertiary/aromatic N) is 4. The zero-order valence-corrected chi connectivity index (χ0v) is 23.6. The maximum Gasteiger partial charge on any atom is 0.253 e. The lowest BCUT2D eigenvalue weighted by atomic mass is 10.0. The molecule has 38 heavy (non-hydrogen) atoms. The number of carbonyl (C=O) groups is 1. The smallest absolute Gasteiger partial charge is 0.253 e. The molecule has 1 amide bonds. The van der Waals surface area contributed by atoms with Crippen molar-refractivity contribution in [3.63, 3.8) is 0 Å². The Kier molecular flexibility index (Phi) is 8.94. The SMILES string of the molecule is O=C(NCc1ccc(F)cc1)c1cnc(N2CCN(C3CCN(Cc4ccc(Br)cc4)CC3)CC2)c(Cl)c1. The number of piperazine rings is 1. The van der Waals surface area contributed by atoms with Gasteiger partial charge in [-0.05, 0) is 67.4 Å². The van der Waals surface area contributed by atoms with Gasteiger partial charge in [0, 0.05) is 56.0 Å². The second kappa shape index (κ2) is 12.6. The van der Waals surface area contributed by atoms with Crippen molar-refractivity contribution >= 4 is 39.3 Å². The maximum atomic E-state index is 13.1. The first-order chi connectivity index (χ1) is 18.4. The molecule has 2 fully saturated rings. The summed E-state index contributed by atoms with van der Waals surface area (Å²) in [5, 5.41) is 3.32. The summed E-state index contributed by atoms with van der Waals surface area (Å²) in [4.78, 5) is 24.5. The predicted octanol–water partition coefficient (Wildman–Crippen LogP) is 5.35. The van der Waals surface area contributed by atoms with Gasteiger partial charge < -0.3 is 10.2 Å². The second-order valence-electron chi connectivity index (χ2n) is 10.00. The van der Waals surface area contributed by atoms with Crippen LogP contribution in [0.2, 0.25) is 5.02 Å². The average molecular weight is 601 g/mol. The number of hydrogen-bond donors (Lipinski definition) is 1. The lowest BCUT2D eigenvalue weighted by Crippen LogP contribution is -2.53. The molecule has 5 rings (SSSR count). The molecule has 2 aromatic carbocycles. The first kappa shape index (κ1) is 27.1. The Balaban J connectivity index is 1.08. The van der Waals surface area contributed by atoms with Crippen molar-refractivity contribution in [1.29, 1.82) is 0 Å². The van der Waals surface area contributed by atoms with Gasteiger partial charge in [0.1, 0.15) is 11.6 Å². The third-order valence-electron chi connectivity index (χ3n) is 7.46. The predicted molar refractivity (Wildman–Crippen MR) is 153 cm³/mol. The molecule has 6 nitrogen and oxygen atoms in total. The van der Waals surface area contributed by atoms with E-state index in [0.29, 0.717) is 23.2 Å². The summed E-state index contributed by atoms with van der Waals surface area (Å²) in [6, 6.07) is 17.0. The minimum atomic E-state index is -0.301. The number of benzene rings is 2. The summed E-state index contributed by atoms with van der Waals surface area (Å²) in [7, 11) is 0. The van der Waals surface area contributed by atoms with E-state index in [1.807, 2.05) is 0 Å². The van der Waals surface area contributed by atoms with Crippen molar-refractivity contribution in [2.75, 3.05) is 44.2 Å². The Morgan fingerprint density at radius 1 is 0.974 bits per heavy atom. The van der Waals surface area contributed by atoms with Crippen LogP contribution in [0.5, 0.6) is 0 Å². The van der Waals surface area contributed by atoms with E-state index >= 15 is 0 Å². The van der Waals surface area contributed by atoms with E-state index in [1.54, 1.807) is 24.4 Å². The fourth-order valence-corrected chi connectivity index (χ4v) is 5.81. The summed E-state index contributed by atoms with van der Waals surface area (Å²) >= 11 is 10.1. The number of amides is 1. The second-order valence-corrected chi connectivity index (χ2v) is 11.3. The number of pyridine rings is 1. The Bertz CT molecular complexity index is 1230. The number of hydrogen-bond acceptors (Lipinski definition) is 5. The third-order valence-corrected chi connectivity index (χ3v) is 8.26. The summed E-state index contributed by atoms with van der Waals surface area (Å²) in [5.41, 5.74) is 2.60. The molecule has 2 aliphatic heterocycles. The number of nitrogens with one attached hydrogen (secondary N) is 1. The third kappa shape index (κ3) is 6.91. The highest BCUT2D eigenvalue weighted by atomic mass is 79.9. The van der Waals surface area contributed by atoms with Gasteiger partial charge in [-0.3, -0.25) is 14.6 Å². The Morgan fingerprint density at radius 3 is 2.29 bits per heavy atom. The minimum Gasteiger partial charge on any atom is -0.353 e. The summed E-state index contributed by atoms with van der Waals surface area (Å²) in [6.45, 7) is 7.26. The van der Waals surface area contributed by atoms with Gasteiger partial charge in [0.15, 0.2) is 0 Å². The molecule has 3 heterocycles. The van der Waals surface area contributed by atoms with E-state index in [9.17, 15) is 9.18 Å². The largest absolute Gasteiger partial charge is 0.353 e. The molecule has 2 saturated heterocycles. The van der Waals surface area contributed by atoms with Crippen LogP contribution in [-0.4, -0.2) is 66.0 Å². The summed E-state index contributed by atoms with van der Waals surface area (Å²) in [6.07, 6.45) is 3.96. The molecule has 0 unspecified atom stereocenters. The fraction of sp³-hybridized carbons (Fsp3) is 0.379. The van der Waals surface area contributed by atoms with E-state index in [-0.39, 0.29) is 11.7 Å². The van der Waals surface area contributed by atoms with Crippen LogP contribution < -0.4 is 10.2 Å². The first-order valence-corrected chi connectivity index (χ1v) is 14.3. The van der Waals surface area contributed by atoms with Crippen LogP contribution >= 0.6 is 27.5 Å². The van der Waals surface area contributed by atoms with E-state index in [4.69, 9.17) is 11.6 Å². The van der Waals surface area contributed by atoms with Gasteiger partial charge in [-0.1, -0.05) is 51.8 Å². The molecule has 0 aliphatic carbocycles. The molecule has 9 heteroatoms. The molecule has 2 aliphatic rings. The van der Waals surface area contributed by atoms with Gasteiger partial charge in [0.05, 0.1) is 10.6 Å². The van der Waals surface area contributed by atoms with E-state index in [1.165, 1.54) is 30.5 Å². The van der Waals surface area contributed by atoms with Gasteiger partial charge in [0.25, 0.3) is 5.91 Å². The van der Waals surface area contributed by atoms with Crippen molar-refractivity contribution < 1.29 is 9.18 Å². The molecular formula is C29H32BrClFN5O. The van der Waals surface area contributed by atoms with Gasteiger partial charge in [-0.2, -0.15) is 0 Å². The van der Waals surface area contributed by atoms with Crippen LogP contribution in [0, 0.1) is 5.82 Å². The van der Waals surface area contributed by atoms with Gasteiger partial charge in [-0.15, -0.1) is 0 Å². The zero-order valence-electron chi connectivity index (χ0n) is 21.3. The maximum absolute atomic E-state index is 13.1. The molecule has 0 spiro atoms. The highest BCUT2D eigenvalue weighted by Crippen LogP contribution is 2.27. The number of anilines is 1. The molecule has 200 valence electrons. The Hall–Kier alpha value is -2.52. The van der Waals surface area contributed by atoms with Crippen molar-refractivity contribution in [3.05, 3.63) is 92.8 Å². The first-order valence-electron chi connectivity index (χ1n) is 13.1. The van der Waals surface area contributed by atoms with Crippen LogP contribution in [-0.2, 0) is 13.1 Å². The quantitative estimate of drug-likeness (QED) is 0.396. The standard InChI is InChI=1S/C29H32BrClFN5O/c30-24-5-1-22(2-6-24)20-35-11-9-26(10-12-35)36-13-15-37(16-14-36)28-27(31)17-23(19-33-28)29(38)34-18-21-3-7-25(32)8-4-21/h1-8,17,19,26H,9-16,18,20H2,(H,34,38). The number of rotatable bonds is 7. The molecule has 0 bridgehead atoms. The number of halogens is 3. The molecule has 0 radical (unpaired) electrons. The number of aromatic nitrogens is 1. The molecule has 0 atom stereocenters. The van der Waals surface area contributed by atoms with Crippen molar-refractivity contribution in [2.24, 2.45) is 0 Å². The Labute approximate surface area is 236 Å². The molecule has 3 aromatic rings. The van der Waals surface area contributed by atoms with Crippen LogP contribution in [0.4, 0.5) is 10.2 Å². The van der Waals surface area contributed by atoms with E-state index < -0.39 is 0 Å². The number of piperidine rings is 1. The van der Waals surface area contributed by atoms with Crippen LogP contribution in [0.25, 0.3) is 0 Å². The van der Waals surface area contributed by atoms with Gasteiger partial charge in [0.2, 0.25) is 0 Å². The molecule has 1 N–H and O–H groups in total. The lowest BCUT2D eigenvalue weighted by Gasteiger charge is -2.43. The summed E-state index contributed by atoms with van der Waals surface area (Å²) < 4.78 is 14.2. The Morgan fingerprint density at radius 2 is 1.63 bits per heavy atom. The number of likely N-dealkylation sites (tertiary alicyclic amines) is 1. The lowest BCUT2D eigenvalue weighted by molar-refractivity contribution is 0.0950. The highest BCUT2D eigenvalue weighted by Gasteiger charge is 2.28. The highest BCUT2D eigenvalue weighted by molar-refractivity contribution is 9.10. The van der Waals surface area contributed by atoms with Crippen molar-refractivity contribution in [1.82, 2.24) is 20.1 Å². The van der Waals surface area contributed by atoms with Crippen LogP contribution in [0.1, 0.15) is 34.3 Å². The fourth-order valence-electron chi connectivity index (χ4n) is 5.26. The molecule has 1 aromatic heterocycles. The normalized spacial score (nSPS) is 17.5. The monoisotopic (exact) mass is 599 g/mol. The van der Waals surface area contributed by atoms with E-state index in [2.05, 4.69) is 65.2 Å². The average Bonchev–Trinajstić information content (AvgIpc) is 2.94. The van der Waals surface area contributed by atoms with E-state index in [0.717, 1.165) is 61.7 Å². The van der Waals surface area contributed by atoms with Crippen molar-refractivity contribution in [3.8, 4) is 0 Å². The van der Waals surface area contributed by atoms with Crippen LogP contribution in [0.3, 0.4) is 0 Å². The summed E-state index contributed by atoms with van der Waals surface area (Å²) in [5.74, 6) is 0.169. The number of carbonyl (C=O) groups excluding carboxylic acids is 1. The van der Waals surface area contributed by atoms with Crippen LogP contribution in [0.15, 0.2) is 65.3 Å². The molecular weight excluding hydrogens is 569 g/mol. The van der Waals surface area contributed by atoms with Crippen molar-refractivity contribution in [2.45, 2.75) is 32.0 Å². The molecule has 0 saturated carbocycles. The zero-order chi connectivity index (χ0) is 26.5. The topological polar surface area (TPSA) is 51.7 Å². The minimum absolute atomic E-state index is 0.258. The van der Waals surface area contributed by atoms with Gasteiger partial charge in [-0.25, -0.2) is 9.37 Å². The van der Waals surface area contributed by atoms with Gasteiger partial charge >= 0.3 is 0 Å².